The molecule has 4 rings (SSSR count). The summed E-state index contributed by atoms with van der Waals surface area (Å²) in [5, 5.41) is 8.80. The third-order valence-corrected chi connectivity index (χ3v) is 5.45. The van der Waals surface area contributed by atoms with E-state index in [1.165, 1.54) is 0 Å². The molecule has 25 heavy (non-hydrogen) atoms. The zero-order valence-corrected chi connectivity index (χ0v) is 13.9. The number of nitrogens with one attached hydrogen (secondary N) is 1. The Labute approximate surface area is 146 Å². The molecule has 128 valence electrons. The Bertz CT molecular complexity index is 834. The standard InChI is InChI=1S/C20H20N2O3/c23-18(21-25)15-6-7-16-11-20(12-17(16)10-15)8-9-22(19(20)24)13-14-4-2-1-3-5-14/h1-7,10,25H,8-9,11-13H2,(H,21,23)/t20-/m1/s1. The summed E-state index contributed by atoms with van der Waals surface area (Å²) < 4.78 is 0. The zero-order chi connectivity index (χ0) is 17.4. The first-order valence-electron chi connectivity index (χ1n) is 8.51. The van der Waals surface area contributed by atoms with Crippen molar-refractivity contribution >= 4 is 11.8 Å². The normalized spacial score (nSPS) is 21.6. The van der Waals surface area contributed by atoms with Gasteiger partial charge in [0.15, 0.2) is 0 Å². The maximum atomic E-state index is 13.1. The van der Waals surface area contributed by atoms with Crippen LogP contribution in [0.2, 0.25) is 0 Å². The topological polar surface area (TPSA) is 69.6 Å². The second-order valence-corrected chi connectivity index (χ2v) is 7.02. The smallest absolute Gasteiger partial charge is 0.274 e. The first-order valence-corrected chi connectivity index (χ1v) is 8.51. The van der Waals surface area contributed by atoms with Crippen molar-refractivity contribution in [3.63, 3.8) is 0 Å². The number of nitrogens with zero attached hydrogens (tertiary/aromatic N) is 1. The number of amides is 2. The molecule has 1 aliphatic carbocycles. The lowest BCUT2D eigenvalue weighted by Crippen LogP contribution is -2.34. The lowest BCUT2D eigenvalue weighted by atomic mass is 9.83. The van der Waals surface area contributed by atoms with E-state index in [1.807, 2.05) is 41.3 Å². The Hall–Kier alpha value is -2.66. The lowest BCUT2D eigenvalue weighted by molar-refractivity contribution is -0.136. The second kappa shape index (κ2) is 6.01. The van der Waals surface area contributed by atoms with E-state index in [0.717, 1.165) is 36.1 Å². The van der Waals surface area contributed by atoms with Gasteiger partial charge in [-0.15, -0.1) is 0 Å². The van der Waals surface area contributed by atoms with Gasteiger partial charge < -0.3 is 4.90 Å². The number of rotatable bonds is 3. The van der Waals surface area contributed by atoms with Gasteiger partial charge >= 0.3 is 0 Å². The van der Waals surface area contributed by atoms with E-state index >= 15 is 0 Å². The fourth-order valence-electron chi connectivity index (χ4n) is 4.14. The lowest BCUT2D eigenvalue weighted by Gasteiger charge is -2.22. The largest absolute Gasteiger partial charge is 0.338 e. The molecule has 2 N–H and O–H groups in total. The highest BCUT2D eigenvalue weighted by atomic mass is 16.5. The molecule has 1 atom stereocenters. The van der Waals surface area contributed by atoms with Crippen LogP contribution in [-0.4, -0.2) is 28.5 Å². The van der Waals surface area contributed by atoms with Gasteiger partial charge in [-0.2, -0.15) is 0 Å². The molecule has 2 aliphatic rings. The highest BCUT2D eigenvalue weighted by Gasteiger charge is 2.49. The maximum Gasteiger partial charge on any atom is 0.274 e. The summed E-state index contributed by atoms with van der Waals surface area (Å²) in [4.78, 5) is 26.6. The van der Waals surface area contributed by atoms with Gasteiger partial charge in [0.05, 0.1) is 5.41 Å². The zero-order valence-electron chi connectivity index (χ0n) is 13.9. The number of carbonyl (C=O) groups excluding carboxylic acids is 2. The van der Waals surface area contributed by atoms with E-state index in [2.05, 4.69) is 0 Å². The third-order valence-electron chi connectivity index (χ3n) is 5.45. The number of carbonyl (C=O) groups is 2. The van der Waals surface area contributed by atoms with Crippen molar-refractivity contribution in [2.75, 3.05) is 6.54 Å². The van der Waals surface area contributed by atoms with Gasteiger partial charge in [-0.05, 0) is 48.1 Å². The van der Waals surface area contributed by atoms with Crippen molar-refractivity contribution in [1.82, 2.24) is 10.4 Å². The minimum atomic E-state index is -0.521. The van der Waals surface area contributed by atoms with Crippen LogP contribution in [0.3, 0.4) is 0 Å². The molecule has 1 heterocycles. The molecule has 5 heteroatoms. The van der Waals surface area contributed by atoms with Crippen LogP contribution in [0.25, 0.3) is 0 Å². The quantitative estimate of drug-likeness (QED) is 0.668. The first-order chi connectivity index (χ1) is 12.1. The monoisotopic (exact) mass is 336 g/mol. The number of hydrogen-bond donors (Lipinski definition) is 2. The van der Waals surface area contributed by atoms with Gasteiger partial charge in [-0.1, -0.05) is 36.4 Å². The summed E-state index contributed by atoms with van der Waals surface area (Å²) in [6, 6.07) is 15.4. The predicted molar refractivity (Wildman–Crippen MR) is 92.0 cm³/mol. The van der Waals surface area contributed by atoms with Crippen LogP contribution in [0.15, 0.2) is 48.5 Å². The van der Waals surface area contributed by atoms with E-state index in [0.29, 0.717) is 18.5 Å². The van der Waals surface area contributed by atoms with E-state index in [9.17, 15) is 9.59 Å². The number of fused-ring (bicyclic) bond motifs is 1. The number of likely N-dealkylation sites (tertiary alicyclic amines) is 1. The summed E-state index contributed by atoms with van der Waals surface area (Å²) in [6.45, 7) is 1.42. The SMILES string of the molecule is O=C(NO)c1ccc2c(c1)C[C@@]1(CCN(Cc3ccccc3)C1=O)C2. The van der Waals surface area contributed by atoms with Gasteiger partial charge in [0, 0.05) is 18.7 Å². The summed E-state index contributed by atoms with van der Waals surface area (Å²) in [5.74, 6) is -0.312. The molecular formula is C20H20N2O3. The number of hydrogen-bond acceptors (Lipinski definition) is 3. The van der Waals surface area contributed by atoms with Gasteiger partial charge in [0.25, 0.3) is 5.91 Å². The Morgan fingerprint density at radius 2 is 1.88 bits per heavy atom. The minimum absolute atomic E-state index is 0.209. The average Bonchev–Trinajstić information content (AvgIpc) is 3.16. The molecule has 2 aromatic carbocycles. The van der Waals surface area contributed by atoms with Crippen molar-refractivity contribution in [2.45, 2.75) is 25.8 Å². The average molecular weight is 336 g/mol. The summed E-state index contributed by atoms with van der Waals surface area (Å²) in [7, 11) is 0. The van der Waals surface area contributed by atoms with Gasteiger partial charge in [-0.25, -0.2) is 5.48 Å². The Morgan fingerprint density at radius 3 is 2.64 bits per heavy atom. The molecule has 1 aliphatic heterocycles. The Morgan fingerprint density at radius 1 is 1.12 bits per heavy atom. The van der Waals surface area contributed by atoms with Crippen LogP contribution in [-0.2, 0) is 24.2 Å². The van der Waals surface area contributed by atoms with E-state index in [1.54, 1.807) is 17.6 Å². The van der Waals surface area contributed by atoms with Crippen molar-refractivity contribution in [3.8, 4) is 0 Å². The minimum Gasteiger partial charge on any atom is -0.338 e. The molecule has 0 saturated carbocycles. The van der Waals surface area contributed by atoms with Crippen LogP contribution in [0.5, 0.6) is 0 Å². The molecule has 2 amide bonds. The number of benzene rings is 2. The van der Waals surface area contributed by atoms with Crippen molar-refractivity contribution < 1.29 is 14.8 Å². The molecule has 2 aromatic rings. The number of hydroxylamine groups is 1. The van der Waals surface area contributed by atoms with Gasteiger partial charge in [0.1, 0.15) is 0 Å². The van der Waals surface area contributed by atoms with Crippen LogP contribution in [0.1, 0.15) is 33.5 Å². The molecule has 5 nitrogen and oxygen atoms in total. The Kier molecular flexibility index (Phi) is 3.81. The molecule has 0 unspecified atom stereocenters. The summed E-state index contributed by atoms with van der Waals surface area (Å²) in [6.07, 6.45) is 2.24. The maximum absolute atomic E-state index is 13.1. The molecule has 1 spiro atoms. The van der Waals surface area contributed by atoms with Crippen LogP contribution < -0.4 is 5.48 Å². The fraction of sp³-hybridized carbons (Fsp3) is 0.300. The first kappa shape index (κ1) is 15.8. The third kappa shape index (κ3) is 2.70. The van der Waals surface area contributed by atoms with Crippen LogP contribution in [0.4, 0.5) is 0 Å². The van der Waals surface area contributed by atoms with Crippen molar-refractivity contribution in [1.29, 1.82) is 0 Å². The molecule has 1 fully saturated rings. The molecule has 0 aromatic heterocycles. The van der Waals surface area contributed by atoms with Gasteiger partial charge in [-0.3, -0.25) is 14.8 Å². The predicted octanol–water partition coefficient (Wildman–Crippen LogP) is 2.32. The molecule has 1 saturated heterocycles. The van der Waals surface area contributed by atoms with E-state index < -0.39 is 5.91 Å². The highest BCUT2D eigenvalue weighted by molar-refractivity contribution is 5.94. The van der Waals surface area contributed by atoms with Crippen molar-refractivity contribution in [3.05, 3.63) is 70.8 Å². The second-order valence-electron chi connectivity index (χ2n) is 7.02. The van der Waals surface area contributed by atoms with Crippen LogP contribution >= 0.6 is 0 Å². The Balaban J connectivity index is 1.54. The molecular weight excluding hydrogens is 316 g/mol. The van der Waals surface area contributed by atoms with E-state index in [4.69, 9.17) is 5.21 Å². The summed E-state index contributed by atoms with van der Waals surface area (Å²) >= 11 is 0. The highest BCUT2D eigenvalue weighted by Crippen LogP contribution is 2.45. The van der Waals surface area contributed by atoms with Crippen LogP contribution in [0, 0.1) is 5.41 Å². The molecule has 0 bridgehead atoms. The van der Waals surface area contributed by atoms with Crippen molar-refractivity contribution in [2.24, 2.45) is 5.41 Å². The van der Waals surface area contributed by atoms with Gasteiger partial charge in [0.2, 0.25) is 5.91 Å². The fourth-order valence-corrected chi connectivity index (χ4v) is 4.14. The summed E-state index contributed by atoms with van der Waals surface area (Å²) in [5.41, 5.74) is 5.02. The van der Waals surface area contributed by atoms with E-state index in [-0.39, 0.29) is 11.3 Å². The molecule has 0 radical (unpaired) electrons.